The zero-order valence-electron chi connectivity index (χ0n) is 5.19. The fourth-order valence-electron chi connectivity index (χ4n) is 0.796. The lowest BCUT2D eigenvalue weighted by Crippen LogP contribution is -1.82. The van der Waals surface area contributed by atoms with Crippen LogP contribution in [0.2, 0.25) is 0 Å². The number of hydrogen-bond acceptors (Lipinski definition) is 3. The van der Waals surface area contributed by atoms with Crippen LogP contribution in [0.1, 0.15) is 5.56 Å². The zero-order chi connectivity index (χ0) is 6.97. The molecule has 0 unspecified atom stereocenters. The second-order valence-corrected chi connectivity index (χ2v) is 1.84. The van der Waals surface area contributed by atoms with Gasteiger partial charge in [-0.3, -0.25) is 0 Å². The normalized spacial score (nSPS) is 10.4. The summed E-state index contributed by atoms with van der Waals surface area (Å²) in [4.78, 5) is 0. The third-order valence-electron chi connectivity index (χ3n) is 1.28. The topological polar surface area (TPSA) is 43.3 Å². The minimum Gasteiger partial charge on any atom is -0.423 e. The second kappa shape index (κ2) is 1.70. The minimum atomic E-state index is 0.634. The number of aromatic nitrogens is 3. The van der Waals surface area contributed by atoms with Crippen molar-refractivity contribution in [2.45, 2.75) is 0 Å². The Labute approximate surface area is 56.8 Å². The van der Waals surface area contributed by atoms with Crippen molar-refractivity contribution in [3.05, 3.63) is 24.7 Å². The average Bonchev–Trinajstić information content (AvgIpc) is 2.44. The Kier molecular flexibility index (Phi) is 0.887. The molecule has 2 aromatic heterocycles. The fourth-order valence-corrected chi connectivity index (χ4v) is 0.796. The van der Waals surface area contributed by atoms with Gasteiger partial charge in [-0.2, -0.15) is 5.10 Å². The molecular weight excluding hydrogens is 130 g/mol. The third kappa shape index (κ3) is 0.500. The van der Waals surface area contributed by atoms with Crippen LogP contribution in [-0.2, 0) is 0 Å². The molecule has 50 valence electrons. The summed E-state index contributed by atoms with van der Waals surface area (Å²) in [5.74, 6) is 0. The lowest BCUT2D eigenvalue weighted by molar-refractivity contribution is 0.600. The van der Waals surface area contributed by atoms with E-state index in [1.54, 1.807) is 12.3 Å². The molecule has 4 heteroatoms. The third-order valence-corrected chi connectivity index (χ3v) is 1.28. The summed E-state index contributed by atoms with van der Waals surface area (Å²) in [6.45, 7) is 3.59. The van der Waals surface area contributed by atoms with Crippen LogP contribution in [0.5, 0.6) is 0 Å². The summed E-state index contributed by atoms with van der Waals surface area (Å²) in [6, 6.07) is 0. The van der Waals surface area contributed by atoms with Gasteiger partial charge in [0.15, 0.2) is 0 Å². The molecule has 2 heterocycles. The van der Waals surface area contributed by atoms with Crippen molar-refractivity contribution in [1.29, 1.82) is 0 Å². The molecule has 0 aliphatic carbocycles. The molecular formula is C6H5N3O. The van der Waals surface area contributed by atoms with E-state index in [1.165, 1.54) is 11.0 Å². The van der Waals surface area contributed by atoms with Crippen LogP contribution in [0.25, 0.3) is 11.8 Å². The van der Waals surface area contributed by atoms with E-state index < -0.39 is 0 Å². The van der Waals surface area contributed by atoms with Gasteiger partial charge in [0.2, 0.25) is 12.1 Å². The van der Waals surface area contributed by atoms with Crippen molar-refractivity contribution in [3.63, 3.8) is 0 Å². The Morgan fingerprint density at radius 1 is 1.60 bits per heavy atom. The van der Waals surface area contributed by atoms with Crippen LogP contribution in [-0.4, -0.2) is 14.8 Å². The maximum Gasteiger partial charge on any atom is 0.248 e. The molecule has 0 atom stereocenters. The van der Waals surface area contributed by atoms with Crippen LogP contribution in [0.3, 0.4) is 0 Å². The number of fused-ring (bicyclic) bond motifs is 1. The highest BCUT2D eigenvalue weighted by atomic mass is 16.4. The summed E-state index contributed by atoms with van der Waals surface area (Å²) in [5.41, 5.74) is 1.49. The standard InChI is InChI=1S/C6H5N3O/c1-2-5-3-7-9-6(5)10-4-8-9/h2-4H,1H2. The molecule has 0 saturated carbocycles. The Bertz CT molecular complexity index is 360. The first-order chi connectivity index (χ1) is 4.92. The quantitative estimate of drug-likeness (QED) is 0.585. The molecule has 10 heavy (non-hydrogen) atoms. The predicted octanol–water partition coefficient (Wildman–Crippen LogP) is 0.965. The van der Waals surface area contributed by atoms with Gasteiger partial charge in [0.25, 0.3) is 0 Å². The maximum absolute atomic E-state index is 5.00. The molecule has 0 amide bonds. The highest BCUT2D eigenvalue weighted by Gasteiger charge is 2.02. The highest BCUT2D eigenvalue weighted by molar-refractivity contribution is 5.60. The molecule has 0 fully saturated rings. The second-order valence-electron chi connectivity index (χ2n) is 1.84. The van der Waals surface area contributed by atoms with E-state index in [2.05, 4.69) is 16.8 Å². The van der Waals surface area contributed by atoms with Crippen LogP contribution in [0, 0.1) is 0 Å². The van der Waals surface area contributed by atoms with E-state index in [1.807, 2.05) is 0 Å². The molecule has 0 aliphatic heterocycles. The van der Waals surface area contributed by atoms with E-state index in [-0.39, 0.29) is 0 Å². The van der Waals surface area contributed by atoms with Gasteiger partial charge in [-0.1, -0.05) is 12.7 Å². The van der Waals surface area contributed by atoms with Gasteiger partial charge < -0.3 is 4.42 Å². The molecule has 0 bridgehead atoms. The number of hydrogen-bond donors (Lipinski definition) is 0. The molecule has 2 aromatic rings. The van der Waals surface area contributed by atoms with Crippen molar-refractivity contribution in [1.82, 2.24) is 14.8 Å². The zero-order valence-corrected chi connectivity index (χ0v) is 5.19. The molecule has 0 saturated heterocycles. The first kappa shape index (κ1) is 5.22. The van der Waals surface area contributed by atoms with E-state index in [4.69, 9.17) is 4.42 Å². The fraction of sp³-hybridized carbons (Fsp3) is 0. The van der Waals surface area contributed by atoms with Crippen molar-refractivity contribution < 1.29 is 4.42 Å². The van der Waals surface area contributed by atoms with Crippen molar-refractivity contribution in [2.24, 2.45) is 0 Å². The summed E-state index contributed by atoms with van der Waals surface area (Å²) < 4.78 is 6.41. The summed E-state index contributed by atoms with van der Waals surface area (Å²) in [5, 5.41) is 7.67. The summed E-state index contributed by atoms with van der Waals surface area (Å²) in [6.07, 6.45) is 4.67. The lowest BCUT2D eigenvalue weighted by Gasteiger charge is -1.76. The minimum absolute atomic E-state index is 0.634. The van der Waals surface area contributed by atoms with Gasteiger partial charge in [0.1, 0.15) is 0 Å². The molecule has 0 aromatic carbocycles. The van der Waals surface area contributed by atoms with Crippen LogP contribution in [0.15, 0.2) is 23.6 Å². The first-order valence-corrected chi connectivity index (χ1v) is 2.82. The Morgan fingerprint density at radius 3 is 3.30 bits per heavy atom. The SMILES string of the molecule is C=Cc1cnn2ncoc12. The molecule has 4 nitrogen and oxygen atoms in total. The Balaban J connectivity index is 2.88. The maximum atomic E-state index is 5.00. The first-order valence-electron chi connectivity index (χ1n) is 2.82. The smallest absolute Gasteiger partial charge is 0.248 e. The van der Waals surface area contributed by atoms with Crippen molar-refractivity contribution >= 4 is 11.8 Å². The van der Waals surface area contributed by atoms with Crippen LogP contribution in [0.4, 0.5) is 0 Å². The molecule has 2 rings (SSSR count). The van der Waals surface area contributed by atoms with E-state index in [0.29, 0.717) is 5.71 Å². The summed E-state index contributed by atoms with van der Waals surface area (Å²) in [7, 11) is 0. The Morgan fingerprint density at radius 2 is 2.50 bits per heavy atom. The molecule has 0 aliphatic rings. The van der Waals surface area contributed by atoms with Gasteiger partial charge in [0.05, 0.1) is 11.8 Å². The van der Waals surface area contributed by atoms with Gasteiger partial charge >= 0.3 is 0 Å². The van der Waals surface area contributed by atoms with E-state index >= 15 is 0 Å². The average molecular weight is 135 g/mol. The van der Waals surface area contributed by atoms with Gasteiger partial charge in [0, 0.05) is 0 Å². The van der Waals surface area contributed by atoms with Crippen LogP contribution < -0.4 is 0 Å². The summed E-state index contributed by atoms with van der Waals surface area (Å²) >= 11 is 0. The lowest BCUT2D eigenvalue weighted by atomic mass is 10.4. The molecule has 0 N–H and O–H groups in total. The van der Waals surface area contributed by atoms with Gasteiger partial charge in [-0.05, 0) is 0 Å². The van der Waals surface area contributed by atoms with Crippen molar-refractivity contribution in [3.8, 4) is 0 Å². The molecule has 0 radical (unpaired) electrons. The monoisotopic (exact) mass is 135 g/mol. The van der Waals surface area contributed by atoms with E-state index in [0.717, 1.165) is 5.56 Å². The van der Waals surface area contributed by atoms with Gasteiger partial charge in [-0.15, -0.1) is 9.73 Å². The molecule has 0 spiro atoms. The number of nitrogens with zero attached hydrogens (tertiary/aromatic N) is 3. The highest BCUT2D eigenvalue weighted by Crippen LogP contribution is 2.08. The largest absolute Gasteiger partial charge is 0.423 e. The van der Waals surface area contributed by atoms with Crippen molar-refractivity contribution in [2.75, 3.05) is 0 Å². The van der Waals surface area contributed by atoms with E-state index in [9.17, 15) is 0 Å². The van der Waals surface area contributed by atoms with Crippen LogP contribution >= 0.6 is 0 Å². The predicted molar refractivity (Wildman–Crippen MR) is 35.3 cm³/mol. The number of rotatable bonds is 1. The van der Waals surface area contributed by atoms with Gasteiger partial charge in [-0.25, -0.2) is 0 Å². The Hall–Kier alpha value is -1.58.